The molecule has 1 heterocycles. The van der Waals surface area contributed by atoms with E-state index in [1.807, 2.05) is 24.3 Å². The Morgan fingerprint density at radius 3 is 2.29 bits per heavy atom. The number of nitrogens with one attached hydrogen (secondary N) is 1. The molecule has 0 aliphatic carbocycles. The summed E-state index contributed by atoms with van der Waals surface area (Å²) in [7, 11) is 4.66. The first-order valence-corrected chi connectivity index (χ1v) is 6.28. The standard InChI is InChI=1S/C14H18N4O3/c1-19-10-6-4-9(5-7-10)12(18-15)13-14(21-3)17-11(20-2)8-16-13/h4-8,12,18H,15H2,1-3H3. The molecule has 112 valence electrons. The minimum atomic E-state index is -0.357. The van der Waals surface area contributed by atoms with Crippen molar-refractivity contribution in [1.82, 2.24) is 15.4 Å². The fourth-order valence-electron chi connectivity index (χ4n) is 1.94. The van der Waals surface area contributed by atoms with Gasteiger partial charge in [0.05, 0.1) is 33.6 Å². The Kier molecular flexibility index (Phi) is 4.91. The Hall–Kier alpha value is -2.38. The average molecular weight is 290 g/mol. The summed E-state index contributed by atoms with van der Waals surface area (Å²) >= 11 is 0. The molecular formula is C14H18N4O3. The van der Waals surface area contributed by atoms with Gasteiger partial charge < -0.3 is 14.2 Å². The molecule has 2 rings (SSSR count). The second-order valence-electron chi connectivity index (χ2n) is 4.18. The van der Waals surface area contributed by atoms with Crippen LogP contribution < -0.4 is 25.5 Å². The Bertz CT molecular complexity index is 589. The van der Waals surface area contributed by atoms with Crippen LogP contribution in [0.4, 0.5) is 0 Å². The van der Waals surface area contributed by atoms with Crippen LogP contribution in [0.5, 0.6) is 17.5 Å². The number of nitrogens with two attached hydrogens (primary N) is 1. The zero-order valence-corrected chi connectivity index (χ0v) is 12.2. The number of aromatic nitrogens is 2. The zero-order valence-electron chi connectivity index (χ0n) is 12.2. The number of hydrazine groups is 1. The van der Waals surface area contributed by atoms with Gasteiger partial charge in [0.2, 0.25) is 11.8 Å². The molecule has 0 fully saturated rings. The molecule has 0 radical (unpaired) electrons. The number of ether oxygens (including phenoxy) is 3. The predicted molar refractivity (Wildman–Crippen MR) is 77.3 cm³/mol. The highest BCUT2D eigenvalue weighted by Gasteiger charge is 2.20. The first-order chi connectivity index (χ1) is 10.2. The van der Waals surface area contributed by atoms with Gasteiger partial charge in [-0.05, 0) is 17.7 Å². The third-order valence-corrected chi connectivity index (χ3v) is 3.04. The number of hydrogen-bond donors (Lipinski definition) is 2. The third kappa shape index (κ3) is 3.21. The molecule has 1 unspecified atom stereocenters. The van der Waals surface area contributed by atoms with Crippen LogP contribution in [0.15, 0.2) is 30.5 Å². The Balaban J connectivity index is 2.40. The van der Waals surface area contributed by atoms with Crippen molar-refractivity contribution in [2.45, 2.75) is 6.04 Å². The van der Waals surface area contributed by atoms with E-state index < -0.39 is 0 Å². The van der Waals surface area contributed by atoms with Crippen LogP contribution in [0, 0.1) is 0 Å². The lowest BCUT2D eigenvalue weighted by Crippen LogP contribution is -2.30. The number of methoxy groups -OCH3 is 3. The largest absolute Gasteiger partial charge is 0.497 e. The van der Waals surface area contributed by atoms with Gasteiger partial charge in [0.25, 0.3) is 0 Å². The molecule has 0 amide bonds. The van der Waals surface area contributed by atoms with Crippen molar-refractivity contribution >= 4 is 0 Å². The van der Waals surface area contributed by atoms with Gasteiger partial charge in [0.15, 0.2) is 0 Å². The van der Waals surface area contributed by atoms with Gasteiger partial charge in [-0.15, -0.1) is 0 Å². The van der Waals surface area contributed by atoms with Crippen molar-refractivity contribution in [3.63, 3.8) is 0 Å². The van der Waals surface area contributed by atoms with E-state index in [1.165, 1.54) is 20.4 Å². The van der Waals surface area contributed by atoms with E-state index in [0.717, 1.165) is 11.3 Å². The highest BCUT2D eigenvalue weighted by Crippen LogP contribution is 2.28. The van der Waals surface area contributed by atoms with Crippen LogP contribution in [0.25, 0.3) is 0 Å². The summed E-state index contributed by atoms with van der Waals surface area (Å²) in [5, 5.41) is 0. The highest BCUT2D eigenvalue weighted by molar-refractivity contribution is 5.37. The maximum atomic E-state index is 5.67. The molecule has 0 aliphatic heterocycles. The molecule has 7 nitrogen and oxygen atoms in total. The van der Waals surface area contributed by atoms with Crippen molar-refractivity contribution in [3.8, 4) is 17.5 Å². The van der Waals surface area contributed by atoms with Gasteiger partial charge in [0, 0.05) is 0 Å². The number of nitrogens with zero attached hydrogens (tertiary/aromatic N) is 2. The molecule has 0 spiro atoms. The summed E-state index contributed by atoms with van der Waals surface area (Å²) in [6, 6.07) is 7.14. The van der Waals surface area contributed by atoms with E-state index in [1.54, 1.807) is 7.11 Å². The SMILES string of the molecule is COc1ccc(C(NN)c2ncc(OC)nc2OC)cc1. The average Bonchev–Trinajstić information content (AvgIpc) is 2.56. The van der Waals surface area contributed by atoms with Crippen molar-refractivity contribution < 1.29 is 14.2 Å². The molecule has 0 bridgehead atoms. The van der Waals surface area contributed by atoms with Crippen molar-refractivity contribution in [1.29, 1.82) is 0 Å². The molecule has 1 aromatic carbocycles. The van der Waals surface area contributed by atoms with E-state index in [-0.39, 0.29) is 6.04 Å². The minimum absolute atomic E-state index is 0.355. The Labute approximate surface area is 123 Å². The maximum absolute atomic E-state index is 5.67. The van der Waals surface area contributed by atoms with Crippen molar-refractivity contribution in [3.05, 3.63) is 41.7 Å². The lowest BCUT2D eigenvalue weighted by molar-refractivity contribution is 0.352. The first kappa shape index (κ1) is 15.0. The Morgan fingerprint density at radius 2 is 1.76 bits per heavy atom. The fraction of sp³-hybridized carbons (Fsp3) is 0.286. The van der Waals surface area contributed by atoms with Crippen LogP contribution >= 0.6 is 0 Å². The van der Waals surface area contributed by atoms with Gasteiger partial charge in [-0.3, -0.25) is 5.84 Å². The second-order valence-corrected chi connectivity index (χ2v) is 4.18. The summed E-state index contributed by atoms with van der Waals surface area (Å²) in [6.07, 6.45) is 1.52. The molecule has 0 saturated carbocycles. The fourth-order valence-corrected chi connectivity index (χ4v) is 1.94. The Morgan fingerprint density at radius 1 is 1.05 bits per heavy atom. The van der Waals surface area contributed by atoms with Crippen molar-refractivity contribution in [2.75, 3.05) is 21.3 Å². The van der Waals surface area contributed by atoms with Gasteiger partial charge in [-0.25, -0.2) is 10.4 Å². The van der Waals surface area contributed by atoms with Gasteiger partial charge in [-0.2, -0.15) is 4.98 Å². The van der Waals surface area contributed by atoms with Gasteiger partial charge >= 0.3 is 0 Å². The third-order valence-electron chi connectivity index (χ3n) is 3.04. The molecule has 1 aromatic heterocycles. The molecular weight excluding hydrogens is 272 g/mol. The highest BCUT2D eigenvalue weighted by atomic mass is 16.5. The molecule has 3 N–H and O–H groups in total. The van der Waals surface area contributed by atoms with E-state index in [2.05, 4.69) is 15.4 Å². The molecule has 0 aliphatic rings. The van der Waals surface area contributed by atoms with Crippen LogP contribution in [-0.2, 0) is 0 Å². The first-order valence-electron chi connectivity index (χ1n) is 6.28. The molecule has 21 heavy (non-hydrogen) atoms. The van der Waals surface area contributed by atoms with E-state index in [4.69, 9.17) is 20.1 Å². The molecule has 7 heteroatoms. The topological polar surface area (TPSA) is 91.5 Å². The lowest BCUT2D eigenvalue weighted by atomic mass is 10.0. The quantitative estimate of drug-likeness (QED) is 0.607. The van der Waals surface area contributed by atoms with Crippen molar-refractivity contribution in [2.24, 2.45) is 5.84 Å². The summed E-state index contributed by atoms with van der Waals surface area (Å²) in [4.78, 5) is 8.53. The summed E-state index contributed by atoms with van der Waals surface area (Å²) in [5.41, 5.74) is 4.21. The van der Waals surface area contributed by atoms with Crippen LogP contribution in [-0.4, -0.2) is 31.3 Å². The molecule has 0 saturated heterocycles. The van der Waals surface area contributed by atoms with Gasteiger partial charge in [-0.1, -0.05) is 12.1 Å². The van der Waals surface area contributed by atoms with E-state index in [0.29, 0.717) is 17.5 Å². The smallest absolute Gasteiger partial charge is 0.240 e. The van der Waals surface area contributed by atoms with Crippen LogP contribution in [0.3, 0.4) is 0 Å². The van der Waals surface area contributed by atoms with Gasteiger partial charge in [0.1, 0.15) is 11.4 Å². The number of rotatable bonds is 6. The number of hydrogen-bond acceptors (Lipinski definition) is 7. The second kappa shape index (κ2) is 6.87. The molecule has 2 aromatic rings. The van der Waals surface area contributed by atoms with E-state index in [9.17, 15) is 0 Å². The monoisotopic (exact) mass is 290 g/mol. The maximum Gasteiger partial charge on any atom is 0.240 e. The normalized spacial score (nSPS) is 11.8. The van der Waals surface area contributed by atoms with Crippen LogP contribution in [0.1, 0.15) is 17.3 Å². The predicted octanol–water partition coefficient (Wildman–Crippen LogP) is 1.06. The summed E-state index contributed by atoms with van der Waals surface area (Å²) < 4.78 is 15.4. The summed E-state index contributed by atoms with van der Waals surface area (Å²) in [5.74, 6) is 7.16. The van der Waals surface area contributed by atoms with E-state index >= 15 is 0 Å². The number of benzene rings is 1. The minimum Gasteiger partial charge on any atom is -0.497 e. The molecule has 1 atom stereocenters. The lowest BCUT2D eigenvalue weighted by Gasteiger charge is -2.18. The zero-order chi connectivity index (χ0) is 15.2. The van der Waals surface area contributed by atoms with Crippen LogP contribution in [0.2, 0.25) is 0 Å². The summed E-state index contributed by atoms with van der Waals surface area (Å²) in [6.45, 7) is 0.